The van der Waals surface area contributed by atoms with Crippen LogP contribution in [0.25, 0.3) is 10.9 Å². The molecule has 1 aromatic heterocycles. The van der Waals surface area contributed by atoms with Crippen LogP contribution >= 0.6 is 0 Å². The Bertz CT molecular complexity index is 1020. The van der Waals surface area contributed by atoms with Crippen molar-refractivity contribution in [2.45, 2.75) is 13.3 Å². The molecule has 1 heterocycles. The molecule has 0 atom stereocenters. The normalized spacial score (nSPS) is 10.7. The fourth-order valence-electron chi connectivity index (χ4n) is 3.14. The Labute approximate surface area is 170 Å². The number of aryl methyl sites for hydroxylation is 1. The third-order valence-corrected chi connectivity index (χ3v) is 4.69. The molecule has 0 fully saturated rings. The Morgan fingerprint density at radius 2 is 2.00 bits per heavy atom. The van der Waals surface area contributed by atoms with Crippen LogP contribution in [0, 0.1) is 0 Å². The summed E-state index contributed by atoms with van der Waals surface area (Å²) in [7, 11) is 3.44. The molecule has 0 aliphatic carbocycles. The van der Waals surface area contributed by atoms with Gasteiger partial charge in [-0.05, 0) is 31.2 Å². The number of anilines is 2. The molecule has 4 N–H and O–H groups in total. The van der Waals surface area contributed by atoms with Gasteiger partial charge in [-0.25, -0.2) is 0 Å². The maximum absolute atomic E-state index is 12.1. The highest BCUT2D eigenvalue weighted by Gasteiger charge is 2.17. The lowest BCUT2D eigenvalue weighted by molar-refractivity contribution is 0.100. The first-order valence-corrected chi connectivity index (χ1v) is 9.51. The van der Waals surface area contributed by atoms with Gasteiger partial charge in [0.2, 0.25) is 0 Å². The number of ether oxygens (including phenoxy) is 2. The Kier molecular flexibility index (Phi) is 6.51. The van der Waals surface area contributed by atoms with Crippen LogP contribution in [0.15, 0.2) is 42.6 Å². The van der Waals surface area contributed by atoms with Gasteiger partial charge in [0.25, 0.3) is 5.91 Å². The lowest BCUT2D eigenvalue weighted by Gasteiger charge is -2.17. The van der Waals surface area contributed by atoms with Gasteiger partial charge in [-0.1, -0.05) is 25.1 Å². The molecule has 1 amide bonds. The largest absolute Gasteiger partial charge is 0.493 e. The van der Waals surface area contributed by atoms with Gasteiger partial charge in [-0.2, -0.15) is 0 Å². The number of methoxy groups -OCH3 is 1. The molecular weight excluding hydrogens is 368 g/mol. The van der Waals surface area contributed by atoms with Crippen LogP contribution in [-0.2, 0) is 6.42 Å². The van der Waals surface area contributed by atoms with Gasteiger partial charge in [0.05, 0.1) is 23.9 Å². The number of hydrogen-bond acceptors (Lipinski definition) is 6. The number of nitrogens with zero attached hydrogens (tertiary/aromatic N) is 1. The summed E-state index contributed by atoms with van der Waals surface area (Å²) in [6.07, 6.45) is 2.34. The SMILES string of the molecule is CCc1ccccc1Nc1c(C(N)=O)cnc2cc(OC)c(OCCNC)cc12. The average molecular weight is 394 g/mol. The summed E-state index contributed by atoms with van der Waals surface area (Å²) in [5, 5.41) is 7.17. The molecule has 152 valence electrons. The molecule has 0 spiro atoms. The monoisotopic (exact) mass is 394 g/mol. The number of amides is 1. The second kappa shape index (κ2) is 9.25. The van der Waals surface area contributed by atoms with Crippen molar-refractivity contribution in [2.24, 2.45) is 5.73 Å². The van der Waals surface area contributed by atoms with Crippen molar-refractivity contribution < 1.29 is 14.3 Å². The second-order valence-corrected chi connectivity index (χ2v) is 6.52. The van der Waals surface area contributed by atoms with E-state index in [2.05, 4.69) is 22.5 Å². The number of carbonyl (C=O) groups excluding carboxylic acids is 1. The standard InChI is InChI=1S/C22H26N4O3/c1-4-14-7-5-6-8-17(14)26-21-15-11-20(29-10-9-24-2)19(28-3)12-18(15)25-13-16(21)22(23)27/h5-8,11-13,24H,4,9-10H2,1-3H3,(H2,23,27)(H,25,26). The van der Waals surface area contributed by atoms with E-state index < -0.39 is 5.91 Å². The van der Waals surface area contributed by atoms with Crippen molar-refractivity contribution in [1.29, 1.82) is 0 Å². The van der Waals surface area contributed by atoms with E-state index in [0.29, 0.717) is 41.4 Å². The number of hydrogen-bond donors (Lipinski definition) is 3. The minimum Gasteiger partial charge on any atom is -0.493 e. The van der Waals surface area contributed by atoms with Crippen molar-refractivity contribution in [3.8, 4) is 11.5 Å². The summed E-state index contributed by atoms with van der Waals surface area (Å²) >= 11 is 0. The number of para-hydroxylation sites is 1. The maximum atomic E-state index is 12.1. The number of nitrogens with one attached hydrogen (secondary N) is 2. The van der Waals surface area contributed by atoms with Crippen LogP contribution in [-0.4, -0.2) is 38.2 Å². The van der Waals surface area contributed by atoms with Gasteiger partial charge >= 0.3 is 0 Å². The van der Waals surface area contributed by atoms with E-state index in [1.165, 1.54) is 6.20 Å². The molecule has 0 bridgehead atoms. The molecule has 7 heteroatoms. The van der Waals surface area contributed by atoms with E-state index in [4.69, 9.17) is 15.2 Å². The molecule has 29 heavy (non-hydrogen) atoms. The van der Waals surface area contributed by atoms with Gasteiger partial charge in [-0.15, -0.1) is 0 Å². The number of carbonyl (C=O) groups is 1. The smallest absolute Gasteiger partial charge is 0.252 e. The summed E-state index contributed by atoms with van der Waals surface area (Å²) in [5.41, 5.74) is 9.27. The molecule has 0 radical (unpaired) electrons. The number of rotatable bonds is 9. The van der Waals surface area contributed by atoms with Crippen molar-refractivity contribution in [3.05, 3.63) is 53.7 Å². The number of benzene rings is 2. The second-order valence-electron chi connectivity index (χ2n) is 6.52. The molecule has 0 saturated carbocycles. The Balaban J connectivity index is 2.17. The van der Waals surface area contributed by atoms with E-state index in [1.54, 1.807) is 13.2 Å². The average Bonchev–Trinajstić information content (AvgIpc) is 2.73. The lowest BCUT2D eigenvalue weighted by atomic mass is 10.1. The third-order valence-electron chi connectivity index (χ3n) is 4.69. The van der Waals surface area contributed by atoms with Crippen LogP contribution in [0.2, 0.25) is 0 Å². The van der Waals surface area contributed by atoms with E-state index in [-0.39, 0.29) is 0 Å². The molecule has 7 nitrogen and oxygen atoms in total. The molecule has 0 aliphatic heterocycles. The van der Waals surface area contributed by atoms with Crippen LogP contribution < -0.4 is 25.8 Å². The zero-order valence-corrected chi connectivity index (χ0v) is 16.9. The molecule has 0 unspecified atom stereocenters. The quantitative estimate of drug-likeness (QED) is 0.482. The van der Waals surface area contributed by atoms with Gasteiger partial charge in [0, 0.05) is 29.9 Å². The number of likely N-dealkylation sites (N-methyl/N-ethyl adjacent to an activating group) is 1. The van der Waals surface area contributed by atoms with Gasteiger partial charge in [0.15, 0.2) is 11.5 Å². The topological polar surface area (TPSA) is 98.5 Å². The van der Waals surface area contributed by atoms with Crippen LogP contribution in [0.5, 0.6) is 11.5 Å². The molecule has 2 aromatic carbocycles. The highest BCUT2D eigenvalue weighted by molar-refractivity contribution is 6.08. The lowest BCUT2D eigenvalue weighted by Crippen LogP contribution is -2.16. The van der Waals surface area contributed by atoms with E-state index in [1.807, 2.05) is 37.4 Å². The number of nitrogens with two attached hydrogens (primary N) is 1. The number of primary amides is 1. The van der Waals surface area contributed by atoms with E-state index in [9.17, 15) is 4.79 Å². The molecule has 0 saturated heterocycles. The Hall–Kier alpha value is -3.32. The minimum atomic E-state index is -0.552. The molecule has 0 aliphatic rings. The van der Waals surface area contributed by atoms with Crippen molar-refractivity contribution in [2.75, 3.05) is 32.6 Å². The van der Waals surface area contributed by atoms with Crippen LogP contribution in [0.3, 0.4) is 0 Å². The fourth-order valence-corrected chi connectivity index (χ4v) is 3.14. The summed E-state index contributed by atoms with van der Waals surface area (Å²) < 4.78 is 11.3. The molecule has 3 rings (SSSR count). The first-order chi connectivity index (χ1) is 14.1. The predicted molar refractivity (Wildman–Crippen MR) is 115 cm³/mol. The number of aromatic nitrogens is 1. The van der Waals surface area contributed by atoms with Crippen LogP contribution in [0.4, 0.5) is 11.4 Å². The summed E-state index contributed by atoms with van der Waals surface area (Å²) in [4.78, 5) is 16.5. The fraction of sp³-hybridized carbons (Fsp3) is 0.273. The Morgan fingerprint density at radius 3 is 2.69 bits per heavy atom. The van der Waals surface area contributed by atoms with Gasteiger partial charge in [-0.3, -0.25) is 9.78 Å². The van der Waals surface area contributed by atoms with Gasteiger partial charge < -0.3 is 25.8 Å². The zero-order chi connectivity index (χ0) is 20.8. The van der Waals surface area contributed by atoms with Crippen LogP contribution in [0.1, 0.15) is 22.8 Å². The van der Waals surface area contributed by atoms with Crippen molar-refractivity contribution in [1.82, 2.24) is 10.3 Å². The predicted octanol–water partition coefficient (Wildman–Crippen LogP) is 3.25. The molecular formula is C22H26N4O3. The highest BCUT2D eigenvalue weighted by atomic mass is 16.5. The van der Waals surface area contributed by atoms with E-state index >= 15 is 0 Å². The number of pyridine rings is 1. The summed E-state index contributed by atoms with van der Waals surface area (Å²) in [6.45, 7) is 3.25. The Morgan fingerprint density at radius 1 is 1.21 bits per heavy atom. The zero-order valence-electron chi connectivity index (χ0n) is 16.9. The van der Waals surface area contributed by atoms with Crippen molar-refractivity contribution in [3.63, 3.8) is 0 Å². The summed E-state index contributed by atoms with van der Waals surface area (Å²) in [6, 6.07) is 11.6. The number of fused-ring (bicyclic) bond motifs is 1. The molecule has 3 aromatic rings. The third kappa shape index (κ3) is 4.41. The first-order valence-electron chi connectivity index (χ1n) is 9.51. The summed E-state index contributed by atoms with van der Waals surface area (Å²) in [5.74, 6) is 0.600. The maximum Gasteiger partial charge on any atom is 0.252 e. The van der Waals surface area contributed by atoms with Crippen molar-refractivity contribution >= 4 is 28.2 Å². The van der Waals surface area contributed by atoms with E-state index in [0.717, 1.165) is 23.1 Å². The minimum absolute atomic E-state index is 0.315. The first kappa shape index (κ1) is 20.4. The highest BCUT2D eigenvalue weighted by Crippen LogP contribution is 2.37. The van der Waals surface area contributed by atoms with Gasteiger partial charge in [0.1, 0.15) is 6.61 Å².